The average Bonchev–Trinajstić information content (AvgIpc) is 3.20. The zero-order valence-corrected chi connectivity index (χ0v) is 16.1. The molecule has 0 amide bonds. The molecular formula is C23H22FN5. The Bertz CT molecular complexity index is 1100. The van der Waals surface area contributed by atoms with Crippen LogP contribution in [0.2, 0.25) is 0 Å². The molecule has 0 unspecified atom stereocenters. The average molecular weight is 387 g/mol. The summed E-state index contributed by atoms with van der Waals surface area (Å²) >= 11 is 0. The van der Waals surface area contributed by atoms with Gasteiger partial charge in [-0.05, 0) is 35.9 Å². The van der Waals surface area contributed by atoms with Gasteiger partial charge < -0.3 is 4.90 Å². The second-order valence-electron chi connectivity index (χ2n) is 7.37. The van der Waals surface area contributed by atoms with Crippen LogP contribution in [-0.4, -0.2) is 45.7 Å². The van der Waals surface area contributed by atoms with E-state index in [1.54, 1.807) is 18.3 Å². The lowest BCUT2D eigenvalue weighted by molar-refractivity contribution is 0.249. The van der Waals surface area contributed by atoms with Crippen LogP contribution in [0.4, 0.5) is 10.2 Å². The van der Waals surface area contributed by atoms with Crippen molar-refractivity contribution in [2.45, 2.75) is 6.54 Å². The minimum atomic E-state index is -0.242. The monoisotopic (exact) mass is 387 g/mol. The van der Waals surface area contributed by atoms with E-state index in [1.807, 2.05) is 16.8 Å². The predicted octanol–water partition coefficient (Wildman–Crippen LogP) is 3.86. The number of benzene rings is 2. The maximum atomic E-state index is 13.2. The van der Waals surface area contributed by atoms with E-state index >= 15 is 0 Å². The van der Waals surface area contributed by atoms with Crippen molar-refractivity contribution >= 4 is 11.3 Å². The molecule has 0 N–H and O–H groups in total. The number of halogens is 1. The molecule has 29 heavy (non-hydrogen) atoms. The van der Waals surface area contributed by atoms with Gasteiger partial charge in [0.25, 0.3) is 0 Å². The highest BCUT2D eigenvalue weighted by Crippen LogP contribution is 2.26. The molecule has 0 radical (unpaired) electrons. The minimum Gasteiger partial charge on any atom is -0.352 e. The maximum Gasteiger partial charge on any atom is 0.154 e. The summed E-state index contributed by atoms with van der Waals surface area (Å²) in [4.78, 5) is 9.45. The normalized spacial score (nSPS) is 15.1. The number of anilines is 1. The number of hydrogen-bond donors (Lipinski definition) is 0. The second-order valence-corrected chi connectivity index (χ2v) is 7.37. The zero-order chi connectivity index (χ0) is 19.6. The molecule has 5 rings (SSSR count). The highest BCUT2D eigenvalue weighted by atomic mass is 19.1. The first-order valence-corrected chi connectivity index (χ1v) is 9.88. The number of piperazine rings is 1. The third-order valence-corrected chi connectivity index (χ3v) is 5.43. The third-order valence-electron chi connectivity index (χ3n) is 5.43. The topological polar surface area (TPSA) is 36.7 Å². The van der Waals surface area contributed by atoms with Crippen molar-refractivity contribution in [3.8, 4) is 11.3 Å². The summed E-state index contributed by atoms with van der Waals surface area (Å²) < 4.78 is 15.1. The smallest absolute Gasteiger partial charge is 0.154 e. The van der Waals surface area contributed by atoms with Crippen LogP contribution < -0.4 is 4.90 Å². The van der Waals surface area contributed by atoms with Crippen LogP contribution >= 0.6 is 0 Å². The van der Waals surface area contributed by atoms with Gasteiger partial charge in [0.15, 0.2) is 5.82 Å². The fourth-order valence-corrected chi connectivity index (χ4v) is 3.87. The quantitative estimate of drug-likeness (QED) is 0.533. The van der Waals surface area contributed by atoms with Crippen molar-refractivity contribution in [2.24, 2.45) is 0 Å². The molecule has 0 aliphatic carbocycles. The highest BCUT2D eigenvalue weighted by molar-refractivity contribution is 5.75. The molecule has 0 bridgehead atoms. The second kappa shape index (κ2) is 7.64. The van der Waals surface area contributed by atoms with Crippen molar-refractivity contribution in [3.05, 3.63) is 84.4 Å². The molecule has 1 saturated heterocycles. The summed E-state index contributed by atoms with van der Waals surface area (Å²) in [7, 11) is 0. The summed E-state index contributed by atoms with van der Waals surface area (Å²) in [6.45, 7) is 4.83. The van der Waals surface area contributed by atoms with E-state index in [1.165, 1.54) is 17.7 Å². The van der Waals surface area contributed by atoms with Crippen LogP contribution in [-0.2, 0) is 6.54 Å². The van der Waals surface area contributed by atoms with Gasteiger partial charge in [0.05, 0.1) is 5.69 Å². The van der Waals surface area contributed by atoms with Gasteiger partial charge in [-0.15, -0.1) is 0 Å². The molecule has 5 nitrogen and oxygen atoms in total. The third kappa shape index (κ3) is 3.71. The SMILES string of the molecule is Fc1ccc(-c2cc3c(N4CCN(Cc5ccccc5)CC4)nccn3n2)cc1. The Balaban J connectivity index is 1.35. The molecule has 0 saturated carbocycles. The van der Waals surface area contributed by atoms with Crippen LogP contribution in [0.1, 0.15) is 5.56 Å². The lowest BCUT2D eigenvalue weighted by Crippen LogP contribution is -2.46. The van der Waals surface area contributed by atoms with Gasteiger partial charge in [0.1, 0.15) is 11.3 Å². The molecule has 4 aromatic rings. The van der Waals surface area contributed by atoms with E-state index in [0.717, 1.165) is 55.3 Å². The van der Waals surface area contributed by atoms with Gasteiger partial charge >= 0.3 is 0 Å². The fraction of sp³-hybridized carbons (Fsp3) is 0.217. The Morgan fingerprint density at radius 3 is 2.41 bits per heavy atom. The van der Waals surface area contributed by atoms with Crippen LogP contribution in [0, 0.1) is 5.82 Å². The van der Waals surface area contributed by atoms with Gasteiger partial charge in [-0.1, -0.05) is 30.3 Å². The number of fused-ring (bicyclic) bond motifs is 1. The van der Waals surface area contributed by atoms with Crippen molar-refractivity contribution in [3.63, 3.8) is 0 Å². The van der Waals surface area contributed by atoms with Crippen LogP contribution in [0.25, 0.3) is 16.8 Å². The molecule has 1 aliphatic rings. The van der Waals surface area contributed by atoms with Gasteiger partial charge in [-0.25, -0.2) is 13.9 Å². The van der Waals surface area contributed by atoms with E-state index in [0.29, 0.717) is 0 Å². The first-order valence-electron chi connectivity index (χ1n) is 9.88. The molecular weight excluding hydrogens is 365 g/mol. The molecule has 146 valence electrons. The largest absolute Gasteiger partial charge is 0.352 e. The van der Waals surface area contributed by atoms with Gasteiger partial charge in [-0.3, -0.25) is 4.90 Å². The lowest BCUT2D eigenvalue weighted by atomic mass is 10.1. The van der Waals surface area contributed by atoms with Crippen molar-refractivity contribution in [2.75, 3.05) is 31.1 Å². The molecule has 0 spiro atoms. The molecule has 2 aromatic carbocycles. The van der Waals surface area contributed by atoms with Crippen molar-refractivity contribution in [1.82, 2.24) is 19.5 Å². The van der Waals surface area contributed by atoms with Gasteiger partial charge in [-0.2, -0.15) is 5.10 Å². The Morgan fingerprint density at radius 1 is 0.897 bits per heavy atom. The van der Waals surface area contributed by atoms with E-state index in [2.05, 4.69) is 50.2 Å². The zero-order valence-electron chi connectivity index (χ0n) is 16.1. The van der Waals surface area contributed by atoms with Crippen LogP contribution in [0.3, 0.4) is 0 Å². The van der Waals surface area contributed by atoms with E-state index in [-0.39, 0.29) is 5.82 Å². The summed E-state index contributed by atoms with van der Waals surface area (Å²) in [5, 5.41) is 4.66. The maximum absolute atomic E-state index is 13.2. The Hall–Kier alpha value is -3.25. The van der Waals surface area contributed by atoms with Crippen LogP contribution in [0.15, 0.2) is 73.1 Å². The Labute approximate surface area is 169 Å². The van der Waals surface area contributed by atoms with Crippen LogP contribution in [0.5, 0.6) is 0 Å². The highest BCUT2D eigenvalue weighted by Gasteiger charge is 2.21. The van der Waals surface area contributed by atoms with Gasteiger partial charge in [0, 0.05) is 50.7 Å². The van der Waals surface area contributed by atoms with Crippen molar-refractivity contribution in [1.29, 1.82) is 0 Å². The first kappa shape index (κ1) is 17.8. The number of rotatable bonds is 4. The predicted molar refractivity (Wildman–Crippen MR) is 112 cm³/mol. The number of nitrogens with zero attached hydrogens (tertiary/aromatic N) is 5. The number of hydrogen-bond acceptors (Lipinski definition) is 4. The molecule has 0 atom stereocenters. The van der Waals surface area contributed by atoms with E-state index < -0.39 is 0 Å². The number of aromatic nitrogens is 3. The van der Waals surface area contributed by atoms with E-state index in [9.17, 15) is 4.39 Å². The fourth-order valence-electron chi connectivity index (χ4n) is 3.87. The summed E-state index contributed by atoms with van der Waals surface area (Å²) in [6.07, 6.45) is 3.65. The Kier molecular flexibility index (Phi) is 4.69. The summed E-state index contributed by atoms with van der Waals surface area (Å²) in [6, 6.07) is 19.1. The summed E-state index contributed by atoms with van der Waals surface area (Å²) in [5.41, 5.74) is 4.04. The first-order chi connectivity index (χ1) is 14.3. The Morgan fingerprint density at radius 2 is 1.66 bits per heavy atom. The molecule has 2 aromatic heterocycles. The molecule has 1 aliphatic heterocycles. The molecule has 6 heteroatoms. The minimum absolute atomic E-state index is 0.242. The summed E-state index contributed by atoms with van der Waals surface area (Å²) in [5.74, 6) is 0.709. The molecule has 3 heterocycles. The lowest BCUT2D eigenvalue weighted by Gasteiger charge is -2.35. The van der Waals surface area contributed by atoms with Gasteiger partial charge in [0.2, 0.25) is 0 Å². The standard InChI is InChI=1S/C23H22FN5/c24-20-8-6-19(7-9-20)21-16-22-23(25-10-11-29(22)26-21)28-14-12-27(13-15-28)17-18-4-2-1-3-5-18/h1-11,16H,12-15,17H2. The van der Waals surface area contributed by atoms with E-state index in [4.69, 9.17) is 0 Å². The van der Waals surface area contributed by atoms with Crippen molar-refractivity contribution < 1.29 is 4.39 Å². The molecule has 1 fully saturated rings.